The van der Waals surface area contributed by atoms with E-state index in [9.17, 15) is 14.7 Å². The average molecular weight is 245 g/mol. The van der Waals surface area contributed by atoms with E-state index < -0.39 is 11.3 Å². The Morgan fingerprint density at radius 3 is 2.11 bits per heavy atom. The van der Waals surface area contributed by atoms with Crippen LogP contribution in [0.4, 0.5) is 0 Å². The Hall–Kier alpha value is -2.10. The van der Waals surface area contributed by atoms with Gasteiger partial charge in [0.2, 0.25) is 0 Å². The minimum atomic E-state index is -0.646. The van der Waals surface area contributed by atoms with Crippen LogP contribution in [0.1, 0.15) is 22.3 Å². The molecule has 1 heterocycles. The van der Waals surface area contributed by atoms with E-state index in [1.54, 1.807) is 0 Å². The molecule has 0 saturated carbocycles. The van der Waals surface area contributed by atoms with E-state index in [2.05, 4.69) is 4.98 Å². The van der Waals surface area contributed by atoms with Crippen molar-refractivity contribution >= 4 is 10.9 Å². The van der Waals surface area contributed by atoms with Crippen LogP contribution in [0.2, 0.25) is 0 Å². The van der Waals surface area contributed by atoms with Gasteiger partial charge in [0.05, 0.1) is 5.52 Å². The maximum atomic E-state index is 12.1. The van der Waals surface area contributed by atoms with E-state index in [1.807, 2.05) is 27.7 Å². The fourth-order valence-corrected chi connectivity index (χ4v) is 2.22. The number of aryl methyl sites for hydroxylation is 2. The molecule has 4 heteroatoms. The first-order valence-electron chi connectivity index (χ1n) is 5.71. The summed E-state index contributed by atoms with van der Waals surface area (Å²) in [4.78, 5) is 26.3. The van der Waals surface area contributed by atoms with Gasteiger partial charge in [-0.15, -0.1) is 0 Å². The van der Waals surface area contributed by atoms with Gasteiger partial charge in [0.25, 0.3) is 5.56 Å². The molecule has 0 amide bonds. The standard InChI is InChI=1S/C14H15NO3/c1-6-7(2)9(4)13-12(8(6)3)10(16)5-11(17)14(18)15-13/h5,17H,1-4H3,(H,15,18). The normalized spacial score (nSPS) is 10.9. The number of nitrogens with one attached hydrogen (secondary N) is 1. The Kier molecular flexibility index (Phi) is 2.73. The molecular weight excluding hydrogens is 230 g/mol. The smallest absolute Gasteiger partial charge is 0.290 e. The predicted octanol–water partition coefficient (Wildman–Crippen LogP) is 1.83. The zero-order chi connectivity index (χ0) is 13.6. The van der Waals surface area contributed by atoms with Crippen molar-refractivity contribution in [1.82, 2.24) is 4.98 Å². The number of benzene rings is 1. The zero-order valence-electron chi connectivity index (χ0n) is 10.8. The Morgan fingerprint density at radius 2 is 1.50 bits per heavy atom. The third kappa shape index (κ3) is 1.61. The summed E-state index contributed by atoms with van der Waals surface area (Å²) in [6, 6.07) is 0.975. The number of hydrogen-bond acceptors (Lipinski definition) is 3. The summed E-state index contributed by atoms with van der Waals surface area (Å²) < 4.78 is 0. The highest BCUT2D eigenvalue weighted by Crippen LogP contribution is 2.24. The topological polar surface area (TPSA) is 70.2 Å². The summed E-state index contributed by atoms with van der Waals surface area (Å²) >= 11 is 0. The highest BCUT2D eigenvalue weighted by atomic mass is 16.3. The summed E-state index contributed by atoms with van der Waals surface area (Å²) in [5.41, 5.74) is 3.29. The summed E-state index contributed by atoms with van der Waals surface area (Å²) in [5, 5.41) is 9.91. The molecule has 2 aromatic rings. The maximum Gasteiger partial charge on any atom is 0.290 e. The highest BCUT2D eigenvalue weighted by Gasteiger charge is 2.12. The molecule has 2 N–H and O–H groups in total. The number of aromatic nitrogens is 1. The van der Waals surface area contributed by atoms with Gasteiger partial charge in [-0.05, 0) is 49.9 Å². The van der Waals surface area contributed by atoms with Crippen LogP contribution in [0.5, 0.6) is 5.75 Å². The third-order valence-corrected chi connectivity index (χ3v) is 3.67. The minimum Gasteiger partial charge on any atom is -0.503 e. The van der Waals surface area contributed by atoms with Gasteiger partial charge in [0, 0.05) is 11.5 Å². The Labute approximate surface area is 104 Å². The lowest BCUT2D eigenvalue weighted by molar-refractivity contribution is 0.468. The number of rotatable bonds is 0. The van der Waals surface area contributed by atoms with Crippen molar-refractivity contribution in [2.24, 2.45) is 0 Å². The molecule has 94 valence electrons. The van der Waals surface area contributed by atoms with Crippen molar-refractivity contribution in [3.05, 3.63) is 48.9 Å². The molecule has 0 radical (unpaired) electrons. The van der Waals surface area contributed by atoms with Crippen LogP contribution in [-0.2, 0) is 0 Å². The Bertz CT molecular complexity index is 773. The predicted molar refractivity (Wildman–Crippen MR) is 71.5 cm³/mol. The lowest BCUT2D eigenvalue weighted by Crippen LogP contribution is -2.04. The molecule has 4 nitrogen and oxygen atoms in total. The Morgan fingerprint density at radius 1 is 0.944 bits per heavy atom. The summed E-state index contributed by atoms with van der Waals surface area (Å²) in [6.45, 7) is 7.60. The van der Waals surface area contributed by atoms with Crippen LogP contribution < -0.4 is 11.0 Å². The van der Waals surface area contributed by atoms with Gasteiger partial charge in [-0.1, -0.05) is 0 Å². The van der Waals surface area contributed by atoms with Crippen LogP contribution in [-0.4, -0.2) is 10.1 Å². The molecule has 0 bridgehead atoms. The van der Waals surface area contributed by atoms with Gasteiger partial charge in [0.15, 0.2) is 11.2 Å². The molecule has 2 rings (SSSR count). The molecule has 0 spiro atoms. The van der Waals surface area contributed by atoms with Crippen molar-refractivity contribution in [2.45, 2.75) is 27.7 Å². The molecule has 0 fully saturated rings. The van der Waals surface area contributed by atoms with E-state index in [-0.39, 0.29) is 5.43 Å². The van der Waals surface area contributed by atoms with Crippen molar-refractivity contribution in [1.29, 1.82) is 0 Å². The van der Waals surface area contributed by atoms with Crippen molar-refractivity contribution in [2.75, 3.05) is 0 Å². The van der Waals surface area contributed by atoms with Crippen LogP contribution in [0.3, 0.4) is 0 Å². The largest absolute Gasteiger partial charge is 0.503 e. The quantitative estimate of drug-likeness (QED) is 0.743. The molecule has 1 aromatic carbocycles. The summed E-state index contributed by atoms with van der Waals surface area (Å²) in [7, 11) is 0. The molecule has 1 aromatic heterocycles. The average Bonchev–Trinajstić information content (AvgIpc) is 2.42. The van der Waals surface area contributed by atoms with Gasteiger partial charge >= 0.3 is 0 Å². The van der Waals surface area contributed by atoms with Gasteiger partial charge in [-0.25, -0.2) is 0 Å². The van der Waals surface area contributed by atoms with E-state index in [1.165, 1.54) is 0 Å². The SMILES string of the molecule is Cc1c(C)c(C)c2c(=O)cc(O)c(=O)[nH]c2c1C. The third-order valence-electron chi connectivity index (χ3n) is 3.67. The first-order valence-corrected chi connectivity index (χ1v) is 5.71. The molecule has 18 heavy (non-hydrogen) atoms. The number of H-pyrrole nitrogens is 1. The molecule has 0 aliphatic carbocycles. The maximum absolute atomic E-state index is 12.1. The lowest BCUT2D eigenvalue weighted by Gasteiger charge is -2.11. The minimum absolute atomic E-state index is 0.343. The van der Waals surface area contributed by atoms with Crippen molar-refractivity contribution in [3.63, 3.8) is 0 Å². The lowest BCUT2D eigenvalue weighted by atomic mass is 9.95. The molecule has 0 aliphatic heterocycles. The number of aromatic amines is 1. The van der Waals surface area contributed by atoms with Gasteiger partial charge in [-0.3, -0.25) is 9.59 Å². The van der Waals surface area contributed by atoms with Gasteiger partial charge < -0.3 is 10.1 Å². The second-order valence-corrected chi connectivity index (χ2v) is 4.60. The first-order chi connectivity index (χ1) is 8.34. The highest BCUT2D eigenvalue weighted by molar-refractivity contribution is 5.86. The van der Waals surface area contributed by atoms with E-state index >= 15 is 0 Å². The van der Waals surface area contributed by atoms with E-state index in [4.69, 9.17) is 0 Å². The van der Waals surface area contributed by atoms with E-state index in [0.717, 1.165) is 28.3 Å². The number of aromatic hydroxyl groups is 1. The van der Waals surface area contributed by atoms with Gasteiger partial charge in [-0.2, -0.15) is 0 Å². The molecule has 0 aliphatic rings. The molecule has 0 saturated heterocycles. The fraction of sp³-hybridized carbons (Fsp3) is 0.286. The van der Waals surface area contributed by atoms with Crippen molar-refractivity contribution < 1.29 is 5.11 Å². The number of hydrogen-bond donors (Lipinski definition) is 2. The van der Waals surface area contributed by atoms with Crippen LogP contribution >= 0.6 is 0 Å². The van der Waals surface area contributed by atoms with Crippen LogP contribution in [0.25, 0.3) is 10.9 Å². The van der Waals surface area contributed by atoms with Gasteiger partial charge in [0.1, 0.15) is 0 Å². The zero-order valence-corrected chi connectivity index (χ0v) is 10.8. The molecular formula is C14H15NO3. The number of fused-ring (bicyclic) bond motifs is 1. The van der Waals surface area contributed by atoms with E-state index in [0.29, 0.717) is 10.9 Å². The second-order valence-electron chi connectivity index (χ2n) is 4.60. The first kappa shape index (κ1) is 12.4. The molecule has 0 unspecified atom stereocenters. The Balaban J connectivity index is 3.28. The fourth-order valence-electron chi connectivity index (χ4n) is 2.22. The summed E-state index contributed by atoms with van der Waals surface area (Å²) in [5.74, 6) is -0.551. The van der Waals surface area contributed by atoms with Crippen molar-refractivity contribution in [3.8, 4) is 5.75 Å². The summed E-state index contributed by atoms with van der Waals surface area (Å²) in [6.07, 6.45) is 0. The van der Waals surface area contributed by atoms with Crippen LogP contribution in [0.15, 0.2) is 15.7 Å². The van der Waals surface area contributed by atoms with Crippen LogP contribution in [0, 0.1) is 27.7 Å². The molecule has 0 atom stereocenters. The monoisotopic (exact) mass is 245 g/mol. The second kappa shape index (κ2) is 3.98.